The first-order valence-corrected chi connectivity index (χ1v) is 7.91. The molecule has 2 N–H and O–H groups in total. The van der Waals surface area contributed by atoms with Crippen LogP contribution in [0.2, 0.25) is 5.02 Å². The van der Waals surface area contributed by atoms with E-state index >= 15 is 0 Å². The van der Waals surface area contributed by atoms with Crippen molar-refractivity contribution >= 4 is 23.4 Å². The standard InChI is InChI=1S/C14H20ClNOS/c1-16(2)9-12-10-18-7-6-14(12,17)11-4-3-5-13(15)8-11/h3-5,8,12,17H,6-7,9-10H2,1-2H3/p+1/t12-,14+/m0/s1. The maximum atomic E-state index is 11.1. The highest BCUT2D eigenvalue weighted by Crippen LogP contribution is 2.40. The van der Waals surface area contributed by atoms with Gasteiger partial charge in [0.2, 0.25) is 0 Å². The van der Waals surface area contributed by atoms with Crippen molar-refractivity contribution in [2.24, 2.45) is 5.92 Å². The zero-order chi connectivity index (χ0) is 13.2. The van der Waals surface area contributed by atoms with Gasteiger partial charge in [0.25, 0.3) is 0 Å². The van der Waals surface area contributed by atoms with Crippen molar-refractivity contribution in [2.45, 2.75) is 12.0 Å². The fourth-order valence-electron chi connectivity index (χ4n) is 2.65. The molecule has 1 saturated heterocycles. The fourth-order valence-corrected chi connectivity index (χ4v) is 4.14. The SMILES string of the molecule is C[NH+](C)C[C@H]1CSCC[C@@]1(O)c1cccc(Cl)c1. The molecular weight excluding hydrogens is 266 g/mol. The highest BCUT2D eigenvalue weighted by atomic mass is 35.5. The van der Waals surface area contributed by atoms with E-state index in [1.54, 1.807) is 0 Å². The molecule has 1 aromatic carbocycles. The summed E-state index contributed by atoms with van der Waals surface area (Å²) in [7, 11) is 4.27. The molecule has 1 heterocycles. The molecule has 2 atom stereocenters. The molecule has 0 aromatic heterocycles. The van der Waals surface area contributed by atoms with Gasteiger partial charge in [-0.25, -0.2) is 0 Å². The van der Waals surface area contributed by atoms with Crippen molar-refractivity contribution in [2.75, 3.05) is 32.1 Å². The van der Waals surface area contributed by atoms with Crippen LogP contribution >= 0.6 is 23.4 Å². The summed E-state index contributed by atoms with van der Waals surface area (Å²) in [5.74, 6) is 2.33. The molecule has 0 amide bonds. The molecule has 4 heteroatoms. The summed E-state index contributed by atoms with van der Waals surface area (Å²) in [6.07, 6.45) is 0.815. The molecule has 0 bridgehead atoms. The third-order valence-corrected chi connectivity index (χ3v) is 4.97. The lowest BCUT2D eigenvalue weighted by Crippen LogP contribution is -3.07. The molecule has 100 valence electrons. The average molecular weight is 287 g/mol. The Labute approximate surface area is 118 Å². The van der Waals surface area contributed by atoms with E-state index in [0.29, 0.717) is 10.9 Å². The number of hydrogen-bond donors (Lipinski definition) is 2. The van der Waals surface area contributed by atoms with Crippen LogP contribution in [0.3, 0.4) is 0 Å². The molecular formula is C14H21ClNOS+. The van der Waals surface area contributed by atoms with E-state index in [9.17, 15) is 5.11 Å². The molecule has 18 heavy (non-hydrogen) atoms. The number of hydrogen-bond acceptors (Lipinski definition) is 2. The van der Waals surface area contributed by atoms with Crippen LogP contribution in [0, 0.1) is 5.92 Å². The Balaban J connectivity index is 2.29. The van der Waals surface area contributed by atoms with Gasteiger partial charge in [-0.05, 0) is 29.9 Å². The normalized spacial score (nSPS) is 28.6. The summed E-state index contributed by atoms with van der Waals surface area (Å²) in [5.41, 5.74) is 0.259. The molecule has 2 nitrogen and oxygen atoms in total. The Morgan fingerprint density at radius 2 is 2.28 bits per heavy atom. The third-order valence-electron chi connectivity index (χ3n) is 3.60. The Kier molecular flexibility index (Phi) is 4.59. The van der Waals surface area contributed by atoms with Crippen molar-refractivity contribution in [3.8, 4) is 0 Å². The number of halogens is 1. The van der Waals surface area contributed by atoms with Gasteiger partial charge >= 0.3 is 0 Å². The van der Waals surface area contributed by atoms with Gasteiger partial charge in [0, 0.05) is 10.8 Å². The smallest absolute Gasteiger partial charge is 0.0994 e. The van der Waals surface area contributed by atoms with E-state index in [1.807, 2.05) is 36.0 Å². The van der Waals surface area contributed by atoms with Crippen LogP contribution in [0.5, 0.6) is 0 Å². The van der Waals surface area contributed by atoms with Crippen LogP contribution in [-0.4, -0.2) is 37.3 Å². The van der Waals surface area contributed by atoms with Gasteiger partial charge in [-0.2, -0.15) is 11.8 Å². The van der Waals surface area contributed by atoms with Crippen molar-refractivity contribution < 1.29 is 10.0 Å². The number of quaternary nitrogens is 1. The maximum Gasteiger partial charge on any atom is 0.0994 e. The van der Waals surface area contributed by atoms with Crippen LogP contribution in [-0.2, 0) is 5.60 Å². The number of rotatable bonds is 3. The Bertz CT molecular complexity index is 413. The minimum Gasteiger partial charge on any atom is -0.385 e. The van der Waals surface area contributed by atoms with Crippen molar-refractivity contribution in [3.63, 3.8) is 0 Å². The monoisotopic (exact) mass is 286 g/mol. The second-order valence-electron chi connectivity index (χ2n) is 5.37. The van der Waals surface area contributed by atoms with Crippen LogP contribution in [0.25, 0.3) is 0 Å². The molecule has 0 spiro atoms. The summed E-state index contributed by atoms with van der Waals surface area (Å²) in [5, 5.41) is 11.8. The average Bonchev–Trinajstić information content (AvgIpc) is 2.32. The highest BCUT2D eigenvalue weighted by molar-refractivity contribution is 7.99. The van der Waals surface area contributed by atoms with E-state index < -0.39 is 5.60 Å². The topological polar surface area (TPSA) is 24.7 Å². The number of nitrogens with one attached hydrogen (secondary N) is 1. The molecule has 2 rings (SSSR count). The number of thioether (sulfide) groups is 1. The predicted molar refractivity (Wildman–Crippen MR) is 78.5 cm³/mol. The molecule has 0 unspecified atom stereocenters. The molecule has 0 aliphatic carbocycles. The lowest BCUT2D eigenvalue weighted by atomic mass is 9.79. The third kappa shape index (κ3) is 3.02. The second kappa shape index (κ2) is 5.83. The Morgan fingerprint density at radius 1 is 1.50 bits per heavy atom. The van der Waals surface area contributed by atoms with Crippen LogP contribution < -0.4 is 4.90 Å². The maximum absolute atomic E-state index is 11.1. The minimum atomic E-state index is -0.715. The summed E-state index contributed by atoms with van der Waals surface area (Å²) >= 11 is 8.00. The highest BCUT2D eigenvalue weighted by Gasteiger charge is 2.42. The largest absolute Gasteiger partial charge is 0.385 e. The van der Waals surface area contributed by atoms with Gasteiger partial charge < -0.3 is 10.0 Å². The minimum absolute atomic E-state index is 0.291. The van der Waals surface area contributed by atoms with Crippen molar-refractivity contribution in [3.05, 3.63) is 34.9 Å². The molecule has 1 aliphatic rings. The molecule has 1 aromatic rings. The summed E-state index contributed by atoms with van der Waals surface area (Å²) in [4.78, 5) is 1.38. The van der Waals surface area contributed by atoms with Crippen molar-refractivity contribution in [1.29, 1.82) is 0 Å². The zero-order valence-corrected chi connectivity index (χ0v) is 12.5. The zero-order valence-electron chi connectivity index (χ0n) is 10.9. The number of benzene rings is 1. The molecule has 1 aliphatic heterocycles. The quantitative estimate of drug-likeness (QED) is 0.879. The van der Waals surface area contributed by atoms with Gasteiger partial charge in [-0.3, -0.25) is 0 Å². The van der Waals surface area contributed by atoms with E-state index in [-0.39, 0.29) is 0 Å². The van der Waals surface area contributed by atoms with Crippen LogP contribution in [0.1, 0.15) is 12.0 Å². The lowest BCUT2D eigenvalue weighted by Gasteiger charge is -2.40. The second-order valence-corrected chi connectivity index (χ2v) is 6.95. The summed E-state index contributed by atoms with van der Waals surface area (Å²) in [6, 6.07) is 7.70. The van der Waals surface area contributed by atoms with E-state index in [2.05, 4.69) is 14.1 Å². The van der Waals surface area contributed by atoms with Gasteiger partial charge in [-0.1, -0.05) is 23.7 Å². The first-order chi connectivity index (χ1) is 8.52. The first kappa shape index (κ1) is 14.2. The first-order valence-electron chi connectivity index (χ1n) is 6.37. The van der Waals surface area contributed by atoms with Gasteiger partial charge in [-0.15, -0.1) is 0 Å². The predicted octanol–water partition coefficient (Wildman–Crippen LogP) is 1.43. The number of aliphatic hydroxyl groups is 1. The summed E-state index contributed by atoms with van der Waals surface area (Å²) in [6.45, 7) is 0.982. The van der Waals surface area contributed by atoms with E-state index in [0.717, 1.165) is 30.0 Å². The van der Waals surface area contributed by atoms with Gasteiger partial charge in [0.05, 0.1) is 32.2 Å². The Morgan fingerprint density at radius 3 is 2.94 bits per heavy atom. The molecule has 1 fully saturated rings. The fraction of sp³-hybridized carbons (Fsp3) is 0.571. The van der Waals surface area contributed by atoms with E-state index in [4.69, 9.17) is 11.6 Å². The van der Waals surface area contributed by atoms with Gasteiger partial charge in [0.1, 0.15) is 0 Å². The van der Waals surface area contributed by atoms with E-state index in [1.165, 1.54) is 4.90 Å². The summed E-state index contributed by atoms with van der Waals surface area (Å²) < 4.78 is 0. The lowest BCUT2D eigenvalue weighted by molar-refractivity contribution is -0.863. The molecule has 0 radical (unpaired) electrons. The van der Waals surface area contributed by atoms with Gasteiger partial charge in [0.15, 0.2) is 0 Å². The van der Waals surface area contributed by atoms with Crippen molar-refractivity contribution in [1.82, 2.24) is 0 Å². The van der Waals surface area contributed by atoms with Crippen LogP contribution in [0.4, 0.5) is 0 Å². The Hall–Kier alpha value is -0.220. The molecule has 0 saturated carbocycles. The van der Waals surface area contributed by atoms with Crippen LogP contribution in [0.15, 0.2) is 24.3 Å².